The fourth-order valence-electron chi connectivity index (χ4n) is 1.41. The molecule has 1 fully saturated rings. The second kappa shape index (κ2) is 5.13. The first kappa shape index (κ1) is 11.8. The zero-order chi connectivity index (χ0) is 12.3. The Bertz CT molecular complexity index is 391. The molecule has 92 valence electrons. The molecule has 6 nitrogen and oxygen atoms in total. The highest BCUT2D eigenvalue weighted by Gasteiger charge is 2.22. The van der Waals surface area contributed by atoms with Crippen molar-refractivity contribution in [3.63, 3.8) is 0 Å². The Kier molecular flexibility index (Phi) is 3.58. The summed E-state index contributed by atoms with van der Waals surface area (Å²) in [4.78, 5) is 21.1. The van der Waals surface area contributed by atoms with E-state index in [1.165, 1.54) is 7.11 Å². The summed E-state index contributed by atoms with van der Waals surface area (Å²) in [5.41, 5.74) is 1.48. The van der Waals surface area contributed by atoms with Crippen LogP contribution in [0.5, 0.6) is 0 Å². The minimum absolute atomic E-state index is 0.101. The van der Waals surface area contributed by atoms with Crippen LogP contribution in [0, 0.1) is 0 Å². The van der Waals surface area contributed by atoms with Crippen molar-refractivity contribution in [3.05, 3.63) is 29.8 Å². The number of anilines is 1. The van der Waals surface area contributed by atoms with Gasteiger partial charge in [-0.25, -0.2) is 9.68 Å². The monoisotopic (exact) mass is 239 g/mol. The number of rotatable bonds is 3. The van der Waals surface area contributed by atoms with Gasteiger partial charge in [-0.1, -0.05) is 12.1 Å². The highest BCUT2D eigenvalue weighted by molar-refractivity contribution is 5.72. The molecule has 6 heteroatoms. The van der Waals surface area contributed by atoms with Crippen LogP contribution in [0.25, 0.3) is 0 Å². The maximum Gasteiger partial charge on any atom is 0.309 e. The number of nitrogens with zero attached hydrogens (tertiary/aromatic N) is 1. The van der Waals surface area contributed by atoms with Gasteiger partial charge in [0.2, 0.25) is 6.29 Å². The Hall–Kier alpha value is -1.63. The zero-order valence-corrected chi connectivity index (χ0v) is 9.33. The van der Waals surface area contributed by atoms with Crippen LogP contribution in [0.2, 0.25) is 0 Å². The molecule has 0 spiro atoms. The van der Waals surface area contributed by atoms with E-state index in [-0.39, 0.29) is 19.0 Å². The molecule has 0 bridgehead atoms. The maximum atomic E-state index is 11.1. The summed E-state index contributed by atoms with van der Waals surface area (Å²) >= 11 is 0. The number of benzene rings is 1. The van der Waals surface area contributed by atoms with Crippen molar-refractivity contribution in [1.29, 1.82) is 0 Å². The van der Waals surface area contributed by atoms with Gasteiger partial charge in [-0.15, -0.1) is 5.23 Å². The molecule has 0 radical (unpaired) electrons. The summed E-state index contributed by atoms with van der Waals surface area (Å²) in [7, 11) is 1.35. The smallest absolute Gasteiger partial charge is 0.309 e. The number of hydrogen-bond acceptors (Lipinski definition) is 6. The van der Waals surface area contributed by atoms with Gasteiger partial charge in [-0.2, -0.15) is 0 Å². The lowest BCUT2D eigenvalue weighted by Gasteiger charge is -2.14. The molecule has 1 aromatic carbocycles. The summed E-state index contributed by atoms with van der Waals surface area (Å²) in [5.74, 6) is -0.290. The van der Waals surface area contributed by atoms with Crippen molar-refractivity contribution in [2.75, 3.05) is 18.9 Å². The van der Waals surface area contributed by atoms with Crippen molar-refractivity contribution in [3.8, 4) is 0 Å². The number of ether oxygens (including phenoxy) is 1. The fraction of sp³-hybridized carbons (Fsp3) is 0.364. The maximum absolute atomic E-state index is 11.1. The quantitative estimate of drug-likeness (QED) is 0.770. The Morgan fingerprint density at radius 2 is 2.24 bits per heavy atom. The second-order valence-electron chi connectivity index (χ2n) is 3.53. The summed E-state index contributed by atoms with van der Waals surface area (Å²) in [6.07, 6.45) is -0.717. The van der Waals surface area contributed by atoms with Crippen molar-refractivity contribution < 1.29 is 24.3 Å². The molecule has 0 aliphatic carbocycles. The molecule has 17 heavy (non-hydrogen) atoms. The van der Waals surface area contributed by atoms with E-state index >= 15 is 0 Å². The molecular formula is C11H13NO5. The SMILES string of the molecule is COC(=O)Cc1ccc(N2OCC(O)O2)cc1. The van der Waals surface area contributed by atoms with Crippen LogP contribution in [-0.4, -0.2) is 31.1 Å². The van der Waals surface area contributed by atoms with Crippen molar-refractivity contribution in [2.24, 2.45) is 0 Å². The van der Waals surface area contributed by atoms with Gasteiger partial charge in [0.1, 0.15) is 6.61 Å². The average Bonchev–Trinajstić information content (AvgIpc) is 2.77. The molecule has 0 saturated carbocycles. The van der Waals surface area contributed by atoms with Crippen LogP contribution in [0.4, 0.5) is 5.69 Å². The Morgan fingerprint density at radius 3 is 2.76 bits per heavy atom. The van der Waals surface area contributed by atoms with E-state index in [0.29, 0.717) is 5.69 Å². The molecule has 1 unspecified atom stereocenters. The number of carbonyl (C=O) groups excluding carboxylic acids is 1. The minimum Gasteiger partial charge on any atom is -0.469 e. The van der Waals surface area contributed by atoms with E-state index in [4.69, 9.17) is 14.8 Å². The van der Waals surface area contributed by atoms with Gasteiger partial charge in [0.25, 0.3) is 0 Å². The standard InChI is InChI=1S/C11H13NO5/c1-15-10(13)6-8-2-4-9(5-3-8)12-16-7-11(14)17-12/h2-5,11,14H,6-7H2,1H3. The highest BCUT2D eigenvalue weighted by atomic mass is 17.0. The molecule has 1 heterocycles. The molecule has 2 rings (SSSR count). The molecule has 0 aromatic heterocycles. The van der Waals surface area contributed by atoms with E-state index in [0.717, 1.165) is 10.8 Å². The second-order valence-corrected chi connectivity index (χ2v) is 3.53. The molecule has 1 saturated heterocycles. The highest BCUT2D eigenvalue weighted by Crippen LogP contribution is 2.20. The Morgan fingerprint density at radius 1 is 1.53 bits per heavy atom. The predicted octanol–water partition coefficient (Wildman–Crippen LogP) is 0.404. The van der Waals surface area contributed by atoms with Crippen LogP contribution in [0.15, 0.2) is 24.3 Å². The molecule has 1 aromatic rings. The summed E-state index contributed by atoms with van der Waals surface area (Å²) < 4.78 is 4.57. The van der Waals surface area contributed by atoms with Crippen LogP contribution in [0.3, 0.4) is 0 Å². The summed E-state index contributed by atoms with van der Waals surface area (Å²) in [6, 6.07) is 7.00. The lowest BCUT2D eigenvalue weighted by molar-refractivity contribution is -0.139. The van der Waals surface area contributed by atoms with Gasteiger partial charge in [0, 0.05) is 0 Å². The minimum atomic E-state index is -0.940. The number of methoxy groups -OCH3 is 1. The van der Waals surface area contributed by atoms with Crippen molar-refractivity contribution in [1.82, 2.24) is 0 Å². The zero-order valence-electron chi connectivity index (χ0n) is 9.33. The number of aliphatic hydroxyl groups excluding tert-OH is 1. The number of hydrogen-bond donors (Lipinski definition) is 1. The van der Waals surface area contributed by atoms with Crippen LogP contribution in [0.1, 0.15) is 5.56 Å². The first-order valence-corrected chi connectivity index (χ1v) is 5.12. The molecule has 0 amide bonds. The van der Waals surface area contributed by atoms with E-state index in [1.807, 2.05) is 0 Å². The normalized spacial score (nSPS) is 19.4. The van der Waals surface area contributed by atoms with E-state index < -0.39 is 6.29 Å². The number of aliphatic hydroxyl groups is 1. The summed E-state index contributed by atoms with van der Waals surface area (Å²) in [5, 5.41) is 10.3. The number of carbonyl (C=O) groups is 1. The third kappa shape index (κ3) is 2.94. The van der Waals surface area contributed by atoms with Gasteiger partial charge >= 0.3 is 5.97 Å². The Balaban J connectivity index is 2.00. The lowest BCUT2D eigenvalue weighted by atomic mass is 10.1. The fourth-order valence-corrected chi connectivity index (χ4v) is 1.41. The van der Waals surface area contributed by atoms with Crippen LogP contribution < -0.4 is 5.23 Å². The predicted molar refractivity (Wildman–Crippen MR) is 57.7 cm³/mol. The van der Waals surface area contributed by atoms with E-state index in [9.17, 15) is 4.79 Å². The van der Waals surface area contributed by atoms with Crippen molar-refractivity contribution in [2.45, 2.75) is 12.7 Å². The van der Waals surface area contributed by atoms with Gasteiger partial charge in [-0.05, 0) is 17.7 Å². The molecule has 1 N–H and O–H groups in total. The van der Waals surface area contributed by atoms with Crippen LogP contribution in [-0.2, 0) is 25.6 Å². The van der Waals surface area contributed by atoms with Gasteiger partial charge < -0.3 is 9.84 Å². The van der Waals surface area contributed by atoms with Gasteiger partial charge in [-0.3, -0.25) is 4.79 Å². The molecule has 1 aliphatic rings. The van der Waals surface area contributed by atoms with Crippen molar-refractivity contribution >= 4 is 11.7 Å². The van der Waals surface area contributed by atoms with E-state index in [2.05, 4.69) is 4.74 Å². The lowest BCUT2D eigenvalue weighted by Crippen LogP contribution is -2.16. The largest absolute Gasteiger partial charge is 0.469 e. The van der Waals surface area contributed by atoms with Crippen LogP contribution >= 0.6 is 0 Å². The van der Waals surface area contributed by atoms with Gasteiger partial charge in [0.05, 0.1) is 19.2 Å². The van der Waals surface area contributed by atoms with E-state index in [1.54, 1.807) is 24.3 Å². The topological polar surface area (TPSA) is 68.2 Å². The third-order valence-electron chi connectivity index (χ3n) is 2.28. The average molecular weight is 239 g/mol. The number of esters is 1. The molecule has 1 aliphatic heterocycles. The first-order chi connectivity index (χ1) is 8.19. The third-order valence-corrected chi connectivity index (χ3v) is 2.28. The molecular weight excluding hydrogens is 226 g/mol. The first-order valence-electron chi connectivity index (χ1n) is 5.12. The Labute approximate surface area is 98.2 Å². The summed E-state index contributed by atoms with van der Waals surface area (Å²) in [6.45, 7) is 0.101. The van der Waals surface area contributed by atoms with Gasteiger partial charge in [0.15, 0.2) is 0 Å². The molecule has 1 atom stereocenters.